The molecule has 31 heteroatoms. The fourth-order valence-electron chi connectivity index (χ4n) is 4.68. The number of hydrogen-bond donors (Lipinski definition) is 8. The van der Waals surface area contributed by atoms with E-state index >= 15 is 0 Å². The summed E-state index contributed by atoms with van der Waals surface area (Å²) in [5.41, 5.74) is 0. The molecule has 3 rings (SSSR count). The lowest BCUT2D eigenvalue weighted by Gasteiger charge is -2.13. The molecular formula is C29H41N3O26S2. The first-order chi connectivity index (χ1) is 27.8. The Morgan fingerprint density at radius 1 is 0.617 bits per heavy atom. The van der Waals surface area contributed by atoms with E-state index in [0.717, 1.165) is 0 Å². The minimum atomic E-state index is -4.25. The zero-order chi connectivity index (χ0) is 46.5. The van der Waals surface area contributed by atoms with Crippen molar-refractivity contribution in [1.82, 2.24) is 15.2 Å². The molecule has 0 spiro atoms. The number of nitrogens with zero attached hydrogens (tertiary/aromatic N) is 3. The Hall–Kier alpha value is -5.57. The molecule has 0 bridgehead atoms. The van der Waals surface area contributed by atoms with E-state index in [1.165, 1.54) is 0 Å². The summed E-state index contributed by atoms with van der Waals surface area (Å²) in [5.74, 6) is -14.6. The molecule has 3 fully saturated rings. The van der Waals surface area contributed by atoms with E-state index < -0.39 is 147 Å². The Labute approximate surface area is 337 Å². The van der Waals surface area contributed by atoms with Crippen LogP contribution in [0.5, 0.6) is 0 Å². The van der Waals surface area contributed by atoms with Crippen LogP contribution in [0.15, 0.2) is 0 Å². The zero-order valence-corrected chi connectivity index (χ0v) is 32.5. The zero-order valence-electron chi connectivity index (χ0n) is 30.9. The lowest BCUT2D eigenvalue weighted by molar-refractivity contribution is -0.173. The Bertz CT molecular complexity index is 1820. The number of ether oxygens (including phenoxy) is 1. The van der Waals surface area contributed by atoms with Crippen molar-refractivity contribution in [3.8, 4) is 0 Å². The van der Waals surface area contributed by atoms with E-state index in [9.17, 15) is 69.6 Å². The van der Waals surface area contributed by atoms with E-state index in [2.05, 4.69) is 13.3 Å². The molecular weight excluding hydrogens is 870 g/mol. The molecule has 0 aromatic rings. The van der Waals surface area contributed by atoms with Crippen LogP contribution in [0.2, 0.25) is 0 Å². The number of hydrogen-bond acceptors (Lipinski definition) is 22. The normalized spacial score (nSPS) is 18.9. The number of hydroxylamine groups is 6. The lowest BCUT2D eigenvalue weighted by atomic mass is 10.0. The van der Waals surface area contributed by atoms with Gasteiger partial charge in [-0.05, 0) is 6.42 Å². The third-order valence-electron chi connectivity index (χ3n) is 7.31. The summed E-state index contributed by atoms with van der Waals surface area (Å²) >= 11 is 0. The number of carbonyl (C=O) groups excluding carboxylic acids is 7. The molecule has 3 aliphatic rings. The van der Waals surface area contributed by atoms with Crippen LogP contribution in [0.3, 0.4) is 0 Å². The van der Waals surface area contributed by atoms with Gasteiger partial charge in [0.2, 0.25) is 0 Å². The van der Waals surface area contributed by atoms with Crippen LogP contribution in [0, 0.1) is 23.7 Å². The van der Waals surface area contributed by atoms with Crippen LogP contribution in [0.25, 0.3) is 0 Å². The number of imide groups is 3. The topological polar surface area (TPSA) is 455 Å². The maximum Gasteiger partial charge on any atom is 0.304 e. The summed E-state index contributed by atoms with van der Waals surface area (Å²) in [4.78, 5) is 118. The second-order valence-corrected chi connectivity index (χ2v) is 15.5. The van der Waals surface area contributed by atoms with E-state index in [1.807, 2.05) is 0 Å². The van der Waals surface area contributed by atoms with Gasteiger partial charge in [0, 0.05) is 31.8 Å². The molecule has 29 nitrogen and oxygen atoms in total. The molecule has 0 aromatic heterocycles. The van der Waals surface area contributed by atoms with Gasteiger partial charge in [-0.1, -0.05) is 0 Å². The number of aliphatic carboxylic acids is 4. The Balaban J connectivity index is 0.000000784. The second kappa shape index (κ2) is 25.8. The first kappa shape index (κ1) is 54.4. The highest BCUT2D eigenvalue weighted by Gasteiger charge is 2.44. The molecule has 60 heavy (non-hydrogen) atoms. The third-order valence-corrected chi connectivity index (χ3v) is 9.43. The maximum atomic E-state index is 11.5. The van der Waals surface area contributed by atoms with Gasteiger partial charge in [0.05, 0.1) is 63.3 Å². The highest BCUT2D eigenvalue weighted by atomic mass is 32.2. The van der Waals surface area contributed by atoms with Gasteiger partial charge in [0.15, 0.2) is 0 Å². The summed E-state index contributed by atoms with van der Waals surface area (Å²) in [6.45, 7) is -1.69. The standard InChI is InChI=1S/C8H11NO8S.C8H13NO7S.C7H10O6.C6H7NO5/c10-1-2-18(15,16)17-9-6(11)3-5(8(9)14)4-7(12)13;10-2-1-6-5-7(12)9(8(6)13)16-17(14,15)4-3-11;8-4-13-3-5(1-6(9)10)2-7(11)12;8-4-1-3(2-5(9)10)6(11)7(4)12/h5,10H,1-4H2,(H,12,13);6,10-11H,1-5H2;4-5H,1-3H2,(H,9,10)(H,11,12);3,12H,1-2H2,(H,9,10). The van der Waals surface area contributed by atoms with Gasteiger partial charge in [-0.2, -0.15) is 21.9 Å². The van der Waals surface area contributed by atoms with Crippen molar-refractivity contribution in [3.05, 3.63) is 0 Å². The molecule has 3 heterocycles. The summed E-state index contributed by atoms with van der Waals surface area (Å²) < 4.78 is 57.5. The van der Waals surface area contributed by atoms with Crippen molar-refractivity contribution in [2.24, 2.45) is 23.7 Å². The largest absolute Gasteiger partial charge is 0.481 e. The van der Waals surface area contributed by atoms with E-state index in [0.29, 0.717) is 0 Å². The molecule has 3 aliphatic heterocycles. The van der Waals surface area contributed by atoms with Crippen LogP contribution in [0.1, 0.15) is 51.4 Å². The first-order valence-corrected chi connectivity index (χ1v) is 19.8. The Kier molecular flexibility index (Phi) is 23.4. The lowest BCUT2D eigenvalue weighted by Crippen LogP contribution is -2.35. The molecule has 0 saturated carbocycles. The van der Waals surface area contributed by atoms with Crippen molar-refractivity contribution in [2.45, 2.75) is 51.4 Å². The molecule has 8 N–H and O–H groups in total. The maximum absolute atomic E-state index is 11.5. The average molecular weight is 912 g/mol. The van der Waals surface area contributed by atoms with Crippen LogP contribution in [-0.2, 0) is 86.3 Å². The average Bonchev–Trinajstić information content (AvgIpc) is 3.62. The van der Waals surface area contributed by atoms with Gasteiger partial charge in [-0.25, -0.2) is 0 Å². The van der Waals surface area contributed by atoms with Crippen molar-refractivity contribution >= 4 is 86.0 Å². The van der Waals surface area contributed by atoms with E-state index in [-0.39, 0.29) is 67.0 Å². The molecule has 0 radical (unpaired) electrons. The number of rotatable bonds is 21. The Morgan fingerprint density at radius 3 is 1.33 bits per heavy atom. The smallest absolute Gasteiger partial charge is 0.304 e. The summed E-state index contributed by atoms with van der Waals surface area (Å²) in [6.07, 6.45) is -2.38. The third kappa shape index (κ3) is 19.9. The highest BCUT2D eigenvalue weighted by molar-refractivity contribution is 7.86. The molecule has 0 aliphatic carbocycles. The van der Waals surface area contributed by atoms with Crippen LogP contribution in [-0.4, -0.2) is 177 Å². The minimum Gasteiger partial charge on any atom is -0.481 e. The predicted molar refractivity (Wildman–Crippen MR) is 182 cm³/mol. The molecule has 3 unspecified atom stereocenters. The number of carboxylic acid groups (broad SMARTS) is 4. The molecule has 6 amide bonds. The molecule has 3 atom stereocenters. The number of carbonyl (C=O) groups is 11. The fourth-order valence-corrected chi connectivity index (χ4v) is 6.05. The van der Waals surface area contributed by atoms with Crippen molar-refractivity contribution in [3.63, 3.8) is 0 Å². The van der Waals surface area contributed by atoms with Crippen LogP contribution in [0.4, 0.5) is 0 Å². The molecule has 0 aromatic carbocycles. The van der Waals surface area contributed by atoms with Gasteiger partial charge >= 0.3 is 23.9 Å². The quantitative estimate of drug-likeness (QED) is 0.0304. The Morgan fingerprint density at radius 2 is 1.00 bits per heavy atom. The summed E-state index contributed by atoms with van der Waals surface area (Å²) in [7, 11) is -8.39. The van der Waals surface area contributed by atoms with Gasteiger partial charge in [0.1, 0.15) is 11.5 Å². The fraction of sp³-hybridized carbons (Fsp3) is 0.621. The number of aliphatic hydroxyl groups excluding tert-OH is 3. The van der Waals surface area contributed by atoms with Gasteiger partial charge in [-0.15, -0.1) is 18.7 Å². The van der Waals surface area contributed by atoms with Crippen molar-refractivity contribution in [1.29, 1.82) is 0 Å². The van der Waals surface area contributed by atoms with Crippen molar-refractivity contribution in [2.75, 3.05) is 37.9 Å². The van der Waals surface area contributed by atoms with Gasteiger partial charge in [0.25, 0.3) is 62.2 Å². The number of carboxylic acids is 4. The molecule has 3 saturated heterocycles. The van der Waals surface area contributed by atoms with Crippen molar-refractivity contribution < 1.29 is 124 Å². The first-order valence-electron chi connectivity index (χ1n) is 16.6. The summed E-state index contributed by atoms with van der Waals surface area (Å²) in [5, 5.41) is 68.0. The minimum absolute atomic E-state index is 0.0202. The number of aliphatic hydroxyl groups is 3. The highest BCUT2D eigenvalue weighted by Crippen LogP contribution is 2.25. The van der Waals surface area contributed by atoms with Crippen LogP contribution < -0.4 is 0 Å². The predicted octanol–water partition coefficient (Wildman–Crippen LogP) is -4.96. The SMILES string of the molecule is O=C(O)CC1CC(=O)N(O)C1=O.O=C(O)CC1CC(=O)N(OS(=O)(=O)CCO)C1=O.O=C1CC(CCO)C(=O)N1OS(=O)(=O)CCO.O=COCC(CC(=O)O)CC(=O)O. The number of amides is 6. The monoisotopic (exact) mass is 911 g/mol. The second-order valence-electron chi connectivity index (χ2n) is 12.1. The summed E-state index contributed by atoms with van der Waals surface area (Å²) in [6, 6.07) is 0. The van der Waals surface area contributed by atoms with E-state index in [1.54, 1.807) is 0 Å². The van der Waals surface area contributed by atoms with Gasteiger partial charge in [-0.3, -0.25) is 57.9 Å². The van der Waals surface area contributed by atoms with E-state index in [4.69, 9.17) is 41.0 Å². The van der Waals surface area contributed by atoms with Crippen LogP contribution >= 0.6 is 0 Å². The van der Waals surface area contributed by atoms with Gasteiger partial charge < -0.3 is 40.5 Å². The molecule has 340 valence electrons.